The first-order valence-corrected chi connectivity index (χ1v) is 16.4. The molecule has 5 atom stereocenters. The first kappa shape index (κ1) is 44.4. The van der Waals surface area contributed by atoms with E-state index in [0.29, 0.717) is 23.6 Å². The second-order valence-electron chi connectivity index (χ2n) is 12.1. The van der Waals surface area contributed by atoms with Gasteiger partial charge < -0.3 is 30.9 Å². The molecule has 50 heavy (non-hydrogen) atoms. The molecule has 12 heteroatoms. The molecule has 4 rings (SSSR count). The van der Waals surface area contributed by atoms with Crippen LogP contribution in [0.25, 0.3) is 0 Å². The molecule has 0 radical (unpaired) electrons. The van der Waals surface area contributed by atoms with Crippen LogP contribution < -0.4 is 16.0 Å². The standard InChI is InChI=1S/C35H42Cl2N4O6.3CH4/c1-22(2)32(47-35(46)38-19-23-9-5-3-6-10-23)34(45)40-29(18-25-13-14-27(36)28(37)17-25)30(42)31(43)33(44)39-26-15-16-41(21-26)20-24-11-7-4-8-12-24;;;/h3-14,17,22,26,29-32,42-43H,15-16,18-21H2,1-2H3,(H,38,46)(H,39,44)(H,40,45);3*1H4. The minimum Gasteiger partial charge on any atom is -0.436 e. The number of hydrogen-bond acceptors (Lipinski definition) is 7. The van der Waals surface area contributed by atoms with Gasteiger partial charge in [-0.1, -0.05) is 126 Å². The molecule has 1 heterocycles. The Morgan fingerprint density at radius 2 is 1.48 bits per heavy atom. The van der Waals surface area contributed by atoms with Crippen LogP contribution in [0.3, 0.4) is 0 Å². The molecule has 3 amide bonds. The molecule has 1 saturated heterocycles. The smallest absolute Gasteiger partial charge is 0.408 e. The minimum absolute atomic E-state index is 0. The number of aliphatic hydroxyl groups excluding tert-OH is 2. The van der Waals surface area contributed by atoms with E-state index < -0.39 is 48.2 Å². The van der Waals surface area contributed by atoms with Crippen LogP contribution in [-0.4, -0.2) is 76.5 Å². The highest BCUT2D eigenvalue weighted by molar-refractivity contribution is 6.42. The maximum Gasteiger partial charge on any atom is 0.408 e. The summed E-state index contributed by atoms with van der Waals surface area (Å²) in [5.41, 5.74) is 2.60. The zero-order chi connectivity index (χ0) is 33.9. The van der Waals surface area contributed by atoms with Gasteiger partial charge in [-0.15, -0.1) is 0 Å². The molecule has 1 aliphatic rings. The van der Waals surface area contributed by atoms with Gasteiger partial charge >= 0.3 is 6.09 Å². The van der Waals surface area contributed by atoms with Crippen LogP contribution in [0.4, 0.5) is 4.79 Å². The van der Waals surface area contributed by atoms with Crippen molar-refractivity contribution in [2.75, 3.05) is 13.1 Å². The molecule has 0 saturated carbocycles. The molecular weight excluding hydrogens is 679 g/mol. The van der Waals surface area contributed by atoms with Crippen LogP contribution in [-0.2, 0) is 33.8 Å². The Balaban J connectivity index is 0.00000417. The van der Waals surface area contributed by atoms with Gasteiger partial charge in [-0.25, -0.2) is 4.79 Å². The molecule has 1 fully saturated rings. The first-order chi connectivity index (χ1) is 22.5. The number of nitrogens with one attached hydrogen (secondary N) is 3. The lowest BCUT2D eigenvalue weighted by Crippen LogP contribution is -2.57. The van der Waals surface area contributed by atoms with Gasteiger partial charge in [0.2, 0.25) is 0 Å². The summed E-state index contributed by atoms with van der Waals surface area (Å²) in [6.45, 7) is 5.72. The third-order valence-corrected chi connectivity index (χ3v) is 8.76. The lowest BCUT2D eigenvalue weighted by molar-refractivity contribution is -0.140. The molecule has 10 nitrogen and oxygen atoms in total. The number of alkyl carbamates (subject to hydrolysis) is 1. The van der Waals surface area contributed by atoms with Gasteiger partial charge in [0.1, 0.15) is 6.10 Å². The lowest BCUT2D eigenvalue weighted by atomic mass is 9.96. The lowest BCUT2D eigenvalue weighted by Gasteiger charge is -2.30. The van der Waals surface area contributed by atoms with E-state index in [2.05, 4.69) is 20.9 Å². The van der Waals surface area contributed by atoms with Crippen molar-refractivity contribution in [1.29, 1.82) is 0 Å². The van der Waals surface area contributed by atoms with E-state index in [9.17, 15) is 24.6 Å². The Labute approximate surface area is 307 Å². The number of hydrogen-bond donors (Lipinski definition) is 5. The number of likely N-dealkylation sites (tertiary alicyclic amines) is 1. The molecule has 3 aromatic rings. The maximum atomic E-state index is 13.5. The van der Waals surface area contributed by atoms with E-state index in [-0.39, 0.29) is 46.3 Å². The summed E-state index contributed by atoms with van der Waals surface area (Å²) in [5.74, 6) is -1.89. The number of amides is 3. The quantitative estimate of drug-likeness (QED) is 0.137. The molecule has 276 valence electrons. The van der Waals surface area contributed by atoms with Crippen LogP contribution in [0.1, 0.15) is 59.2 Å². The zero-order valence-corrected chi connectivity index (χ0v) is 28.0. The van der Waals surface area contributed by atoms with E-state index >= 15 is 0 Å². The number of ether oxygens (including phenoxy) is 1. The molecule has 5 unspecified atom stereocenters. The Kier molecular flexibility index (Phi) is 19.1. The van der Waals surface area contributed by atoms with Crippen molar-refractivity contribution in [3.05, 3.63) is 106 Å². The third kappa shape index (κ3) is 13.2. The highest BCUT2D eigenvalue weighted by atomic mass is 35.5. The average molecular weight is 734 g/mol. The summed E-state index contributed by atoms with van der Waals surface area (Å²) in [6.07, 6.45) is -4.91. The fourth-order valence-corrected chi connectivity index (χ4v) is 5.78. The SMILES string of the molecule is C.C.C.CC(C)C(OC(=O)NCc1ccccc1)C(=O)NC(Cc1ccc(Cl)c(Cl)c1)C(O)C(O)C(=O)NC1CCN(Cc2ccccc2)C1. The van der Waals surface area contributed by atoms with Crippen LogP contribution in [0, 0.1) is 5.92 Å². The Morgan fingerprint density at radius 1 is 0.860 bits per heavy atom. The second kappa shape index (κ2) is 21.5. The number of aliphatic hydroxyl groups is 2. The van der Waals surface area contributed by atoms with E-state index in [1.54, 1.807) is 32.0 Å². The summed E-state index contributed by atoms with van der Waals surface area (Å²) in [6, 6.07) is 22.7. The number of rotatable bonds is 14. The summed E-state index contributed by atoms with van der Waals surface area (Å²) in [7, 11) is 0. The Hall–Kier alpha value is -3.67. The van der Waals surface area contributed by atoms with E-state index in [1.807, 2.05) is 60.7 Å². The van der Waals surface area contributed by atoms with Gasteiger partial charge in [-0.3, -0.25) is 14.5 Å². The van der Waals surface area contributed by atoms with Gasteiger partial charge in [0.15, 0.2) is 12.2 Å². The number of halogens is 2. The topological polar surface area (TPSA) is 140 Å². The molecule has 0 aromatic heterocycles. The van der Waals surface area contributed by atoms with Crippen molar-refractivity contribution >= 4 is 41.1 Å². The largest absolute Gasteiger partial charge is 0.436 e. The van der Waals surface area contributed by atoms with Gasteiger partial charge in [0.25, 0.3) is 11.8 Å². The van der Waals surface area contributed by atoms with Crippen LogP contribution in [0.2, 0.25) is 10.0 Å². The molecule has 0 aliphatic carbocycles. The molecule has 1 aliphatic heterocycles. The highest BCUT2D eigenvalue weighted by Crippen LogP contribution is 2.24. The fourth-order valence-electron chi connectivity index (χ4n) is 5.46. The second-order valence-corrected chi connectivity index (χ2v) is 12.9. The molecule has 0 spiro atoms. The molecule has 3 aromatic carbocycles. The molecular formula is C38H54Cl2N4O6. The number of nitrogens with zero attached hydrogens (tertiary/aromatic N) is 1. The van der Waals surface area contributed by atoms with Crippen molar-refractivity contribution in [2.45, 2.75) is 92.5 Å². The minimum atomic E-state index is -1.86. The summed E-state index contributed by atoms with van der Waals surface area (Å²) in [5, 5.41) is 31.1. The predicted molar refractivity (Wildman–Crippen MR) is 201 cm³/mol. The van der Waals surface area contributed by atoms with E-state index in [0.717, 1.165) is 24.2 Å². The van der Waals surface area contributed by atoms with Gasteiger partial charge in [0.05, 0.1) is 16.1 Å². The normalized spacial score (nSPS) is 16.3. The molecule has 0 bridgehead atoms. The Morgan fingerprint density at radius 3 is 2.08 bits per heavy atom. The van der Waals surface area contributed by atoms with Crippen LogP contribution >= 0.6 is 23.2 Å². The van der Waals surface area contributed by atoms with Crippen molar-refractivity contribution in [3.8, 4) is 0 Å². The average Bonchev–Trinajstić information content (AvgIpc) is 3.50. The fraction of sp³-hybridized carbons (Fsp3) is 0.447. The van der Waals surface area contributed by atoms with Gasteiger partial charge in [-0.05, 0) is 47.6 Å². The summed E-state index contributed by atoms with van der Waals surface area (Å²) in [4.78, 5) is 41.5. The van der Waals surface area contributed by atoms with Gasteiger partial charge in [0, 0.05) is 32.2 Å². The summed E-state index contributed by atoms with van der Waals surface area (Å²) >= 11 is 12.3. The van der Waals surface area contributed by atoms with Crippen molar-refractivity contribution < 1.29 is 29.3 Å². The van der Waals surface area contributed by atoms with Crippen molar-refractivity contribution in [3.63, 3.8) is 0 Å². The van der Waals surface area contributed by atoms with Crippen LogP contribution in [0.15, 0.2) is 78.9 Å². The predicted octanol–water partition coefficient (Wildman–Crippen LogP) is 5.99. The van der Waals surface area contributed by atoms with Crippen molar-refractivity contribution in [1.82, 2.24) is 20.9 Å². The third-order valence-electron chi connectivity index (χ3n) is 8.02. The zero-order valence-electron chi connectivity index (χ0n) is 26.4. The Bertz CT molecular complexity index is 1480. The van der Waals surface area contributed by atoms with E-state index in [4.69, 9.17) is 27.9 Å². The highest BCUT2D eigenvalue weighted by Gasteiger charge is 2.37. The number of benzene rings is 3. The van der Waals surface area contributed by atoms with Crippen molar-refractivity contribution in [2.24, 2.45) is 5.92 Å². The summed E-state index contributed by atoms with van der Waals surface area (Å²) < 4.78 is 5.48. The number of carbonyl (C=O) groups excluding carboxylic acids is 3. The number of carbonyl (C=O) groups is 3. The maximum absolute atomic E-state index is 13.5. The molecule has 5 N–H and O–H groups in total. The first-order valence-electron chi connectivity index (χ1n) is 15.7. The van der Waals surface area contributed by atoms with Crippen LogP contribution in [0.5, 0.6) is 0 Å². The monoisotopic (exact) mass is 732 g/mol. The van der Waals surface area contributed by atoms with E-state index in [1.165, 1.54) is 0 Å². The van der Waals surface area contributed by atoms with Gasteiger partial charge in [-0.2, -0.15) is 0 Å².